The van der Waals surface area contributed by atoms with Crippen LogP contribution in [0.25, 0.3) is 0 Å². The molecule has 1 aromatic carbocycles. The van der Waals surface area contributed by atoms with Crippen molar-refractivity contribution in [1.82, 2.24) is 20.2 Å². The monoisotopic (exact) mass is 283 g/mol. The molecule has 1 heterocycles. The Bertz CT molecular complexity index is 528. The molecule has 0 amide bonds. The second kappa shape index (κ2) is 5.69. The SMILES string of the molecule is CC(N)C(Sc1nnnn1C)c1ccccc1Cl. The number of halogens is 1. The highest BCUT2D eigenvalue weighted by atomic mass is 35.5. The highest BCUT2D eigenvalue weighted by Gasteiger charge is 2.22. The third-order valence-corrected chi connectivity index (χ3v) is 4.34. The van der Waals surface area contributed by atoms with Crippen LogP contribution in [0.4, 0.5) is 0 Å². The molecule has 0 aliphatic heterocycles. The number of thioether (sulfide) groups is 1. The maximum absolute atomic E-state index is 6.22. The number of tetrazole rings is 1. The van der Waals surface area contributed by atoms with E-state index < -0.39 is 0 Å². The summed E-state index contributed by atoms with van der Waals surface area (Å²) >= 11 is 7.73. The van der Waals surface area contributed by atoms with Gasteiger partial charge in [0.2, 0.25) is 5.16 Å². The van der Waals surface area contributed by atoms with Gasteiger partial charge in [0.15, 0.2) is 0 Å². The summed E-state index contributed by atoms with van der Waals surface area (Å²) in [6, 6.07) is 7.63. The number of aryl methyl sites for hydroxylation is 1. The molecule has 2 atom stereocenters. The summed E-state index contributed by atoms with van der Waals surface area (Å²) < 4.78 is 1.62. The van der Waals surface area contributed by atoms with E-state index >= 15 is 0 Å². The van der Waals surface area contributed by atoms with Crippen LogP contribution in [-0.4, -0.2) is 26.2 Å². The Kier molecular flexibility index (Phi) is 4.21. The number of aromatic nitrogens is 4. The van der Waals surface area contributed by atoms with Gasteiger partial charge >= 0.3 is 0 Å². The van der Waals surface area contributed by atoms with E-state index in [-0.39, 0.29) is 11.3 Å². The molecule has 0 saturated carbocycles. The minimum Gasteiger partial charge on any atom is -0.327 e. The van der Waals surface area contributed by atoms with E-state index in [2.05, 4.69) is 15.5 Å². The molecule has 0 aliphatic carbocycles. The van der Waals surface area contributed by atoms with Crippen LogP contribution in [0, 0.1) is 0 Å². The molecule has 0 fully saturated rings. The lowest BCUT2D eigenvalue weighted by atomic mass is 10.1. The van der Waals surface area contributed by atoms with Gasteiger partial charge in [-0.3, -0.25) is 0 Å². The summed E-state index contributed by atoms with van der Waals surface area (Å²) in [5.41, 5.74) is 7.05. The van der Waals surface area contributed by atoms with Crippen LogP contribution < -0.4 is 5.73 Å². The predicted octanol–water partition coefficient (Wildman–Crippen LogP) is 2.04. The molecule has 7 heteroatoms. The van der Waals surface area contributed by atoms with Gasteiger partial charge in [0.05, 0.1) is 5.25 Å². The first-order valence-corrected chi connectivity index (χ1v) is 6.74. The molecule has 0 bridgehead atoms. The molecule has 0 aliphatic rings. The van der Waals surface area contributed by atoms with E-state index in [4.69, 9.17) is 17.3 Å². The van der Waals surface area contributed by atoms with E-state index in [0.717, 1.165) is 10.7 Å². The molecule has 0 saturated heterocycles. The van der Waals surface area contributed by atoms with Gasteiger partial charge in [0.25, 0.3) is 0 Å². The van der Waals surface area contributed by atoms with Gasteiger partial charge in [-0.25, -0.2) is 4.68 Å². The fraction of sp³-hybridized carbons (Fsp3) is 0.364. The maximum Gasteiger partial charge on any atom is 0.209 e. The Hall–Kier alpha value is -1.11. The summed E-state index contributed by atoms with van der Waals surface area (Å²) in [4.78, 5) is 0. The topological polar surface area (TPSA) is 69.6 Å². The molecule has 2 N–H and O–H groups in total. The standard InChI is InChI=1S/C11H14ClN5S/c1-7(13)10(8-5-3-4-6-9(8)12)18-11-14-15-16-17(11)2/h3-7,10H,13H2,1-2H3. The molecule has 2 rings (SSSR count). The summed E-state index contributed by atoms with van der Waals surface area (Å²) in [5, 5.41) is 12.8. The van der Waals surface area contributed by atoms with Gasteiger partial charge in [-0.1, -0.05) is 41.6 Å². The molecule has 0 spiro atoms. The van der Waals surface area contributed by atoms with Gasteiger partial charge in [0.1, 0.15) is 0 Å². The zero-order valence-corrected chi connectivity index (χ0v) is 11.7. The van der Waals surface area contributed by atoms with Gasteiger partial charge in [0, 0.05) is 18.1 Å². The highest BCUT2D eigenvalue weighted by molar-refractivity contribution is 7.99. The smallest absolute Gasteiger partial charge is 0.209 e. The number of nitrogens with two attached hydrogens (primary N) is 1. The van der Waals surface area contributed by atoms with Gasteiger partial charge in [-0.2, -0.15) is 0 Å². The van der Waals surface area contributed by atoms with E-state index in [1.807, 2.05) is 31.2 Å². The minimum absolute atomic E-state index is 0.0170. The molecular weight excluding hydrogens is 270 g/mol. The van der Waals surface area contributed by atoms with E-state index in [1.165, 1.54) is 11.8 Å². The van der Waals surface area contributed by atoms with Crippen molar-refractivity contribution in [3.63, 3.8) is 0 Å². The molecular formula is C11H14ClN5S. The molecule has 0 radical (unpaired) electrons. The zero-order valence-electron chi connectivity index (χ0n) is 10.1. The Labute approximate surface area is 115 Å². The molecule has 96 valence electrons. The number of hydrogen-bond acceptors (Lipinski definition) is 5. The van der Waals surface area contributed by atoms with E-state index in [0.29, 0.717) is 5.02 Å². The molecule has 2 aromatic rings. The third kappa shape index (κ3) is 2.82. The van der Waals surface area contributed by atoms with Crippen LogP contribution in [0.3, 0.4) is 0 Å². The lowest BCUT2D eigenvalue weighted by Crippen LogP contribution is -2.23. The van der Waals surface area contributed by atoms with Crippen molar-refractivity contribution in [2.75, 3.05) is 0 Å². The first-order valence-electron chi connectivity index (χ1n) is 5.48. The second-order valence-corrected chi connectivity index (χ2v) is 5.52. The highest BCUT2D eigenvalue weighted by Crippen LogP contribution is 2.38. The van der Waals surface area contributed by atoms with Crippen molar-refractivity contribution in [2.24, 2.45) is 12.8 Å². The van der Waals surface area contributed by atoms with Crippen LogP contribution in [-0.2, 0) is 7.05 Å². The summed E-state index contributed by atoms with van der Waals surface area (Å²) in [5.74, 6) is 0. The quantitative estimate of drug-likeness (QED) is 0.870. The van der Waals surface area contributed by atoms with Gasteiger partial charge < -0.3 is 5.73 Å². The Morgan fingerprint density at radius 1 is 1.39 bits per heavy atom. The van der Waals surface area contributed by atoms with Gasteiger partial charge in [-0.05, 0) is 29.0 Å². The van der Waals surface area contributed by atoms with Crippen LogP contribution >= 0.6 is 23.4 Å². The van der Waals surface area contributed by atoms with E-state index in [1.54, 1.807) is 11.7 Å². The molecule has 5 nitrogen and oxygen atoms in total. The van der Waals surface area contributed by atoms with E-state index in [9.17, 15) is 0 Å². The van der Waals surface area contributed by atoms with Crippen LogP contribution in [0.5, 0.6) is 0 Å². The van der Waals surface area contributed by atoms with Gasteiger partial charge in [-0.15, -0.1) is 5.10 Å². The Balaban J connectivity index is 2.30. The van der Waals surface area contributed by atoms with Crippen molar-refractivity contribution in [1.29, 1.82) is 0 Å². The summed E-state index contributed by atoms with van der Waals surface area (Å²) in [6.07, 6.45) is 0. The first-order chi connectivity index (χ1) is 8.59. The minimum atomic E-state index is -0.0633. The predicted molar refractivity (Wildman–Crippen MR) is 72.5 cm³/mol. The number of rotatable bonds is 4. The van der Waals surface area contributed by atoms with Crippen molar-refractivity contribution in [3.8, 4) is 0 Å². The average Bonchev–Trinajstić information content (AvgIpc) is 2.73. The van der Waals surface area contributed by atoms with Crippen LogP contribution in [0.15, 0.2) is 29.4 Å². The first kappa shape index (κ1) is 13.3. The Morgan fingerprint density at radius 2 is 2.11 bits per heavy atom. The Morgan fingerprint density at radius 3 is 2.67 bits per heavy atom. The molecule has 1 aromatic heterocycles. The van der Waals surface area contributed by atoms with Crippen LogP contribution in [0.1, 0.15) is 17.7 Å². The summed E-state index contributed by atoms with van der Waals surface area (Å²) in [7, 11) is 1.80. The summed E-state index contributed by atoms with van der Waals surface area (Å²) in [6.45, 7) is 1.95. The number of nitrogens with zero attached hydrogens (tertiary/aromatic N) is 4. The van der Waals surface area contributed by atoms with Crippen LogP contribution in [0.2, 0.25) is 5.02 Å². The van der Waals surface area contributed by atoms with Crippen molar-refractivity contribution in [3.05, 3.63) is 34.9 Å². The van der Waals surface area contributed by atoms with Crippen molar-refractivity contribution >= 4 is 23.4 Å². The normalized spacial score (nSPS) is 14.4. The second-order valence-electron chi connectivity index (χ2n) is 4.00. The zero-order chi connectivity index (χ0) is 13.1. The average molecular weight is 284 g/mol. The maximum atomic E-state index is 6.22. The van der Waals surface area contributed by atoms with Crippen molar-refractivity contribution < 1.29 is 0 Å². The number of hydrogen-bond donors (Lipinski definition) is 1. The molecule has 2 unspecified atom stereocenters. The fourth-order valence-corrected chi connectivity index (χ4v) is 2.96. The van der Waals surface area contributed by atoms with Crippen molar-refractivity contribution in [2.45, 2.75) is 23.4 Å². The fourth-order valence-electron chi connectivity index (χ4n) is 1.59. The largest absolute Gasteiger partial charge is 0.327 e. The lowest BCUT2D eigenvalue weighted by molar-refractivity contribution is 0.657. The molecule has 18 heavy (non-hydrogen) atoms. The number of benzene rings is 1. The third-order valence-electron chi connectivity index (χ3n) is 2.50. The lowest BCUT2D eigenvalue weighted by Gasteiger charge is -2.20.